The van der Waals surface area contributed by atoms with Gasteiger partial charge in [-0.05, 0) is 35.9 Å². The van der Waals surface area contributed by atoms with Gasteiger partial charge < -0.3 is 5.11 Å². The molecule has 0 aliphatic carbocycles. The highest BCUT2D eigenvalue weighted by molar-refractivity contribution is 9.10. The molecule has 0 saturated carbocycles. The van der Waals surface area contributed by atoms with Crippen LogP contribution in [0, 0.1) is 0 Å². The molecule has 0 saturated heterocycles. The number of carbonyl (C=O) groups is 1. The molecular weight excluding hydrogens is 384 g/mol. The summed E-state index contributed by atoms with van der Waals surface area (Å²) in [5, 5.41) is 14.0. The van der Waals surface area contributed by atoms with Crippen LogP contribution in [-0.2, 0) is 4.79 Å². The summed E-state index contributed by atoms with van der Waals surface area (Å²) >= 11 is 3.36. The minimum atomic E-state index is -1.14. The van der Waals surface area contributed by atoms with Gasteiger partial charge in [0.1, 0.15) is 6.33 Å². The predicted octanol–water partition coefficient (Wildman–Crippen LogP) is 3.96. The Morgan fingerprint density at radius 1 is 1.12 bits per heavy atom. The van der Waals surface area contributed by atoms with E-state index in [1.165, 1.54) is 12.4 Å². The predicted molar refractivity (Wildman–Crippen MR) is 101 cm³/mol. The highest BCUT2D eigenvalue weighted by atomic mass is 79.9. The number of anilines is 1. The van der Waals surface area contributed by atoms with E-state index in [9.17, 15) is 9.90 Å². The normalized spacial score (nSPS) is 11.8. The van der Waals surface area contributed by atoms with E-state index >= 15 is 0 Å². The summed E-state index contributed by atoms with van der Waals surface area (Å²) in [6.45, 7) is 0. The van der Waals surface area contributed by atoms with Crippen molar-refractivity contribution in [1.82, 2.24) is 9.97 Å². The number of aromatic nitrogens is 2. The second kappa shape index (κ2) is 7.67. The molecular formula is C18H13BrN4O2. The number of carboxylic acids is 1. The zero-order chi connectivity index (χ0) is 17.6. The molecule has 2 N–H and O–H groups in total. The molecule has 0 fully saturated rings. The molecule has 0 spiro atoms. The summed E-state index contributed by atoms with van der Waals surface area (Å²) in [6.07, 6.45) is 4.51. The molecule has 0 atom stereocenters. The summed E-state index contributed by atoms with van der Waals surface area (Å²) < 4.78 is 0.953. The number of hydrazone groups is 1. The van der Waals surface area contributed by atoms with Gasteiger partial charge in [-0.25, -0.2) is 14.8 Å². The van der Waals surface area contributed by atoms with E-state index in [0.29, 0.717) is 5.82 Å². The zero-order valence-electron chi connectivity index (χ0n) is 12.9. The van der Waals surface area contributed by atoms with Gasteiger partial charge in [0, 0.05) is 9.86 Å². The van der Waals surface area contributed by atoms with Gasteiger partial charge in [-0.3, -0.25) is 5.43 Å². The van der Waals surface area contributed by atoms with Crippen LogP contribution >= 0.6 is 15.9 Å². The molecule has 124 valence electrons. The van der Waals surface area contributed by atoms with Crippen molar-refractivity contribution in [3.8, 4) is 0 Å². The van der Waals surface area contributed by atoms with Crippen molar-refractivity contribution >= 4 is 50.4 Å². The molecule has 3 rings (SSSR count). The van der Waals surface area contributed by atoms with Gasteiger partial charge in [0.15, 0.2) is 11.5 Å². The molecule has 0 unspecified atom stereocenters. The number of fused-ring (bicyclic) bond motifs is 1. The number of benzene rings is 2. The Bertz CT molecular complexity index is 963. The fourth-order valence-electron chi connectivity index (χ4n) is 2.11. The lowest BCUT2D eigenvalue weighted by Gasteiger charge is -2.04. The van der Waals surface area contributed by atoms with E-state index in [1.54, 1.807) is 6.08 Å². The summed E-state index contributed by atoms with van der Waals surface area (Å²) in [5.74, 6) is -0.694. The van der Waals surface area contributed by atoms with Gasteiger partial charge >= 0.3 is 5.97 Å². The standard InChI is InChI=1S/C18H13BrN4O2/c19-13-8-5-12(6-9-13)7-10-16(18(24)25)22-23-17-14-3-1-2-4-15(14)20-11-21-17/h1-11H,(H,24,25)(H,20,21,23). The Labute approximate surface area is 152 Å². The number of halogens is 1. The summed E-state index contributed by atoms with van der Waals surface area (Å²) in [4.78, 5) is 19.7. The molecule has 2 aromatic carbocycles. The molecule has 3 aromatic rings. The number of nitrogens with one attached hydrogen (secondary N) is 1. The van der Waals surface area contributed by atoms with Crippen LogP contribution in [-0.4, -0.2) is 26.8 Å². The first-order valence-electron chi connectivity index (χ1n) is 7.34. The van der Waals surface area contributed by atoms with Gasteiger partial charge in [-0.15, -0.1) is 0 Å². The van der Waals surface area contributed by atoms with Crippen molar-refractivity contribution in [3.63, 3.8) is 0 Å². The van der Waals surface area contributed by atoms with Crippen molar-refractivity contribution in [3.05, 3.63) is 71.0 Å². The first-order valence-corrected chi connectivity index (χ1v) is 8.13. The molecule has 0 aliphatic rings. The maximum Gasteiger partial charge on any atom is 0.356 e. The second-order valence-electron chi connectivity index (χ2n) is 5.04. The van der Waals surface area contributed by atoms with Crippen LogP contribution in [0.25, 0.3) is 17.0 Å². The second-order valence-corrected chi connectivity index (χ2v) is 5.95. The van der Waals surface area contributed by atoms with Gasteiger partial charge in [-0.1, -0.05) is 46.3 Å². The quantitative estimate of drug-likeness (QED) is 0.503. The van der Waals surface area contributed by atoms with Crippen LogP contribution in [0.2, 0.25) is 0 Å². The Kier molecular flexibility index (Phi) is 5.15. The van der Waals surface area contributed by atoms with E-state index in [2.05, 4.69) is 36.4 Å². The number of hydrogen-bond acceptors (Lipinski definition) is 5. The number of rotatable bonds is 5. The fraction of sp³-hybridized carbons (Fsp3) is 0. The Morgan fingerprint density at radius 2 is 1.88 bits per heavy atom. The number of para-hydroxylation sites is 1. The third-order valence-electron chi connectivity index (χ3n) is 3.35. The van der Waals surface area contributed by atoms with Crippen molar-refractivity contribution in [2.24, 2.45) is 5.10 Å². The Hall–Kier alpha value is -3.06. The van der Waals surface area contributed by atoms with Gasteiger partial charge in [0.2, 0.25) is 0 Å². The molecule has 25 heavy (non-hydrogen) atoms. The number of nitrogens with zero attached hydrogens (tertiary/aromatic N) is 3. The highest BCUT2D eigenvalue weighted by Crippen LogP contribution is 2.18. The zero-order valence-corrected chi connectivity index (χ0v) is 14.5. The molecule has 0 aliphatic heterocycles. The molecule has 0 radical (unpaired) electrons. The van der Waals surface area contributed by atoms with E-state index in [1.807, 2.05) is 48.5 Å². The van der Waals surface area contributed by atoms with Gasteiger partial charge in [0.05, 0.1) is 5.52 Å². The lowest BCUT2D eigenvalue weighted by atomic mass is 10.2. The maximum atomic E-state index is 11.4. The van der Waals surface area contributed by atoms with Gasteiger partial charge in [0.25, 0.3) is 0 Å². The fourth-order valence-corrected chi connectivity index (χ4v) is 2.38. The molecule has 1 heterocycles. The van der Waals surface area contributed by atoms with E-state index in [0.717, 1.165) is 20.9 Å². The topological polar surface area (TPSA) is 87.5 Å². The van der Waals surface area contributed by atoms with Crippen molar-refractivity contribution in [2.75, 3.05) is 5.43 Å². The first-order chi connectivity index (χ1) is 12.1. The molecule has 7 heteroatoms. The molecule has 6 nitrogen and oxygen atoms in total. The van der Waals surface area contributed by atoms with E-state index in [-0.39, 0.29) is 5.71 Å². The van der Waals surface area contributed by atoms with Crippen LogP contribution in [0.1, 0.15) is 5.56 Å². The lowest BCUT2D eigenvalue weighted by molar-refractivity contribution is -0.129. The van der Waals surface area contributed by atoms with Crippen molar-refractivity contribution in [2.45, 2.75) is 0 Å². The van der Waals surface area contributed by atoms with Crippen LogP contribution < -0.4 is 5.43 Å². The average molecular weight is 397 g/mol. The van der Waals surface area contributed by atoms with Crippen molar-refractivity contribution < 1.29 is 9.90 Å². The SMILES string of the molecule is O=C(O)C(C=Cc1ccc(Br)cc1)=NNc1ncnc2ccccc12. The maximum absolute atomic E-state index is 11.4. The minimum absolute atomic E-state index is 0.134. The van der Waals surface area contributed by atoms with Crippen LogP contribution in [0.3, 0.4) is 0 Å². The van der Waals surface area contributed by atoms with Crippen LogP contribution in [0.15, 0.2) is 70.5 Å². The Balaban J connectivity index is 1.85. The number of hydrogen-bond donors (Lipinski definition) is 2. The van der Waals surface area contributed by atoms with E-state index < -0.39 is 5.97 Å². The molecule has 0 amide bonds. The summed E-state index contributed by atoms with van der Waals surface area (Å²) in [7, 11) is 0. The highest BCUT2D eigenvalue weighted by Gasteiger charge is 2.07. The molecule has 0 bridgehead atoms. The van der Waals surface area contributed by atoms with Crippen LogP contribution in [0.5, 0.6) is 0 Å². The van der Waals surface area contributed by atoms with E-state index in [4.69, 9.17) is 0 Å². The van der Waals surface area contributed by atoms with Crippen LogP contribution in [0.4, 0.5) is 5.82 Å². The summed E-state index contributed by atoms with van der Waals surface area (Å²) in [6, 6.07) is 14.9. The first kappa shape index (κ1) is 16.8. The lowest BCUT2D eigenvalue weighted by Crippen LogP contribution is -2.12. The van der Waals surface area contributed by atoms with Crippen molar-refractivity contribution in [1.29, 1.82) is 0 Å². The third-order valence-corrected chi connectivity index (χ3v) is 3.88. The molecule has 1 aromatic heterocycles. The number of aliphatic carboxylic acids is 1. The largest absolute Gasteiger partial charge is 0.476 e. The Morgan fingerprint density at radius 3 is 2.64 bits per heavy atom. The minimum Gasteiger partial charge on any atom is -0.476 e. The monoisotopic (exact) mass is 396 g/mol. The third kappa shape index (κ3) is 4.27. The van der Waals surface area contributed by atoms with Gasteiger partial charge in [-0.2, -0.15) is 5.10 Å². The summed E-state index contributed by atoms with van der Waals surface area (Å²) in [5.41, 5.74) is 4.19. The number of carboxylic acid groups (broad SMARTS) is 1. The smallest absolute Gasteiger partial charge is 0.356 e. The average Bonchev–Trinajstić information content (AvgIpc) is 2.63.